The number of carbonyl (C=O) groups is 1. The van der Waals surface area contributed by atoms with Crippen molar-refractivity contribution in [2.75, 3.05) is 19.0 Å². The first-order valence-corrected chi connectivity index (χ1v) is 6.91. The van der Waals surface area contributed by atoms with E-state index >= 15 is 0 Å². The number of nitrogens with zero attached hydrogens (tertiary/aromatic N) is 2. The van der Waals surface area contributed by atoms with Gasteiger partial charge in [-0.2, -0.15) is 4.37 Å². The first-order chi connectivity index (χ1) is 9.67. The molecule has 0 saturated heterocycles. The number of likely N-dealkylation sites (N-methyl/N-ethyl adjacent to an activating group) is 1. The van der Waals surface area contributed by atoms with Crippen LogP contribution in [0.25, 0.3) is 0 Å². The predicted octanol–water partition coefficient (Wildman–Crippen LogP) is 1.58. The van der Waals surface area contributed by atoms with Crippen LogP contribution in [-0.2, 0) is 11.3 Å². The topological polar surface area (TPSA) is 76.1 Å². The number of aromatic nitrogens is 2. The van der Waals surface area contributed by atoms with Crippen molar-refractivity contribution in [2.45, 2.75) is 13.5 Å². The smallest absolute Gasteiger partial charge is 0.257 e. The summed E-state index contributed by atoms with van der Waals surface area (Å²) in [5.41, 5.74) is 1.10. The summed E-state index contributed by atoms with van der Waals surface area (Å²) in [5.74, 6) is 1.29. The zero-order valence-corrected chi connectivity index (χ0v) is 12.2. The molecule has 0 aliphatic heterocycles. The number of ether oxygens (including phenoxy) is 1. The summed E-state index contributed by atoms with van der Waals surface area (Å²) in [7, 11) is 1.58. The van der Waals surface area contributed by atoms with E-state index in [4.69, 9.17) is 4.74 Å². The minimum Gasteiger partial charge on any atom is -0.484 e. The fourth-order valence-corrected chi connectivity index (χ4v) is 2.04. The van der Waals surface area contributed by atoms with Crippen molar-refractivity contribution in [3.05, 3.63) is 35.7 Å². The lowest BCUT2D eigenvalue weighted by Crippen LogP contribution is -2.24. The second-order valence-corrected chi connectivity index (χ2v) is 4.86. The van der Waals surface area contributed by atoms with Gasteiger partial charge in [0.15, 0.2) is 6.61 Å². The van der Waals surface area contributed by atoms with Crippen LogP contribution in [0.15, 0.2) is 24.3 Å². The zero-order chi connectivity index (χ0) is 14.4. The Hall–Kier alpha value is -2.15. The van der Waals surface area contributed by atoms with E-state index in [0.29, 0.717) is 12.3 Å². The van der Waals surface area contributed by atoms with Crippen molar-refractivity contribution in [3.8, 4) is 5.75 Å². The number of amides is 1. The number of hydrogen-bond acceptors (Lipinski definition) is 6. The minimum absolute atomic E-state index is 0.0260. The molecule has 0 radical (unpaired) electrons. The van der Waals surface area contributed by atoms with E-state index in [-0.39, 0.29) is 12.5 Å². The molecule has 2 aromatic rings. The first-order valence-electron chi connectivity index (χ1n) is 6.14. The van der Waals surface area contributed by atoms with E-state index < -0.39 is 0 Å². The molecule has 0 bridgehead atoms. The van der Waals surface area contributed by atoms with Gasteiger partial charge < -0.3 is 15.4 Å². The van der Waals surface area contributed by atoms with E-state index in [1.54, 1.807) is 7.05 Å². The maximum atomic E-state index is 11.1. The standard InChI is InChI=1S/C13H16N4O2S/c1-9-16-13(20-17-9)15-7-10-3-5-11(6-4-10)19-8-12(18)14-2/h3-6H,7-8H2,1-2H3,(H,14,18)(H,15,16,17). The zero-order valence-electron chi connectivity index (χ0n) is 11.3. The van der Waals surface area contributed by atoms with Crippen molar-refractivity contribution in [2.24, 2.45) is 0 Å². The lowest BCUT2D eigenvalue weighted by molar-refractivity contribution is -0.122. The molecule has 1 aromatic carbocycles. The lowest BCUT2D eigenvalue weighted by Gasteiger charge is -2.06. The highest BCUT2D eigenvalue weighted by atomic mass is 32.1. The lowest BCUT2D eigenvalue weighted by atomic mass is 10.2. The molecule has 6 nitrogen and oxygen atoms in total. The number of anilines is 1. The molecule has 0 aliphatic rings. The molecule has 2 N–H and O–H groups in total. The van der Waals surface area contributed by atoms with Crippen LogP contribution >= 0.6 is 11.5 Å². The van der Waals surface area contributed by atoms with Gasteiger partial charge in [0.1, 0.15) is 11.6 Å². The first kappa shape index (κ1) is 14.3. The highest BCUT2D eigenvalue weighted by Crippen LogP contribution is 2.15. The fourth-order valence-electron chi connectivity index (χ4n) is 1.47. The van der Waals surface area contributed by atoms with Gasteiger partial charge >= 0.3 is 0 Å². The van der Waals surface area contributed by atoms with Crippen LogP contribution in [0.4, 0.5) is 5.13 Å². The number of hydrogen-bond donors (Lipinski definition) is 2. The van der Waals surface area contributed by atoms with Crippen molar-refractivity contribution in [1.82, 2.24) is 14.7 Å². The Kier molecular flexibility index (Phi) is 4.89. The summed E-state index contributed by atoms with van der Waals surface area (Å²) in [6.07, 6.45) is 0. The Labute approximate surface area is 121 Å². The van der Waals surface area contributed by atoms with Crippen LogP contribution in [0.1, 0.15) is 11.4 Å². The highest BCUT2D eigenvalue weighted by molar-refractivity contribution is 7.09. The van der Waals surface area contributed by atoms with Gasteiger partial charge in [-0.1, -0.05) is 12.1 Å². The van der Waals surface area contributed by atoms with Crippen molar-refractivity contribution in [1.29, 1.82) is 0 Å². The molecular formula is C13H16N4O2S. The van der Waals surface area contributed by atoms with Gasteiger partial charge in [-0.3, -0.25) is 4.79 Å². The van der Waals surface area contributed by atoms with Crippen molar-refractivity contribution < 1.29 is 9.53 Å². The molecule has 0 saturated carbocycles. The van der Waals surface area contributed by atoms with Gasteiger partial charge in [-0.05, 0) is 24.6 Å². The third kappa shape index (κ3) is 4.20. The van der Waals surface area contributed by atoms with E-state index in [1.807, 2.05) is 31.2 Å². The fraction of sp³-hybridized carbons (Fsp3) is 0.308. The van der Waals surface area contributed by atoms with E-state index in [2.05, 4.69) is 20.0 Å². The quantitative estimate of drug-likeness (QED) is 0.845. The van der Waals surface area contributed by atoms with Gasteiger partial charge in [0.05, 0.1) is 0 Å². The van der Waals surface area contributed by atoms with Crippen molar-refractivity contribution >= 4 is 22.6 Å². The molecule has 7 heteroatoms. The normalized spacial score (nSPS) is 10.1. The molecule has 0 aliphatic carbocycles. The monoisotopic (exact) mass is 292 g/mol. The average molecular weight is 292 g/mol. The molecule has 1 heterocycles. The van der Waals surface area contributed by atoms with E-state index in [1.165, 1.54) is 11.5 Å². The number of carbonyl (C=O) groups excluding carboxylic acids is 1. The van der Waals surface area contributed by atoms with E-state index in [9.17, 15) is 4.79 Å². The van der Waals surface area contributed by atoms with Crippen LogP contribution in [0.3, 0.4) is 0 Å². The SMILES string of the molecule is CNC(=O)COc1ccc(CNc2nc(C)ns2)cc1. The Morgan fingerprint density at radius 1 is 1.35 bits per heavy atom. The number of nitrogens with one attached hydrogen (secondary N) is 2. The summed E-state index contributed by atoms with van der Waals surface area (Å²) in [4.78, 5) is 15.3. The third-order valence-corrected chi connectivity index (χ3v) is 3.31. The predicted molar refractivity (Wildman–Crippen MR) is 78.0 cm³/mol. The molecule has 0 spiro atoms. The second kappa shape index (κ2) is 6.85. The molecule has 0 fully saturated rings. The number of benzene rings is 1. The van der Waals surface area contributed by atoms with Gasteiger partial charge in [-0.15, -0.1) is 0 Å². The van der Waals surface area contributed by atoms with Crippen LogP contribution < -0.4 is 15.4 Å². The summed E-state index contributed by atoms with van der Waals surface area (Å²) in [6, 6.07) is 7.57. The molecule has 106 valence electrons. The molecule has 0 unspecified atom stereocenters. The van der Waals surface area contributed by atoms with Gasteiger partial charge in [0, 0.05) is 25.1 Å². The summed E-state index contributed by atoms with van der Waals surface area (Å²) >= 11 is 1.34. The Balaban J connectivity index is 1.83. The van der Waals surface area contributed by atoms with Gasteiger partial charge in [0.2, 0.25) is 5.13 Å². The van der Waals surface area contributed by atoms with Crippen LogP contribution in [0.2, 0.25) is 0 Å². The number of aryl methyl sites for hydroxylation is 1. The maximum absolute atomic E-state index is 11.1. The molecule has 0 atom stereocenters. The van der Waals surface area contributed by atoms with Crippen LogP contribution in [0, 0.1) is 6.92 Å². The van der Waals surface area contributed by atoms with Crippen molar-refractivity contribution in [3.63, 3.8) is 0 Å². The third-order valence-electron chi connectivity index (χ3n) is 2.54. The minimum atomic E-state index is -0.151. The second-order valence-electron chi connectivity index (χ2n) is 4.11. The molecule has 1 amide bonds. The largest absolute Gasteiger partial charge is 0.484 e. The van der Waals surface area contributed by atoms with Gasteiger partial charge in [0.25, 0.3) is 5.91 Å². The van der Waals surface area contributed by atoms with Crippen LogP contribution in [0.5, 0.6) is 5.75 Å². The van der Waals surface area contributed by atoms with E-state index in [0.717, 1.165) is 16.5 Å². The van der Waals surface area contributed by atoms with Gasteiger partial charge in [-0.25, -0.2) is 4.98 Å². The Bertz CT molecular complexity index is 568. The highest BCUT2D eigenvalue weighted by Gasteiger charge is 2.02. The Morgan fingerprint density at radius 2 is 2.10 bits per heavy atom. The molecule has 20 heavy (non-hydrogen) atoms. The summed E-state index contributed by atoms with van der Waals surface area (Å²) in [6.45, 7) is 2.56. The number of rotatable bonds is 6. The van der Waals surface area contributed by atoms with Crippen LogP contribution in [-0.4, -0.2) is 28.9 Å². The Morgan fingerprint density at radius 3 is 2.70 bits per heavy atom. The molecule has 1 aromatic heterocycles. The average Bonchev–Trinajstić information content (AvgIpc) is 2.89. The molecule has 2 rings (SSSR count). The summed E-state index contributed by atoms with van der Waals surface area (Å²) < 4.78 is 9.43. The summed E-state index contributed by atoms with van der Waals surface area (Å²) in [5, 5.41) is 6.51. The maximum Gasteiger partial charge on any atom is 0.257 e. The molecular weight excluding hydrogens is 276 g/mol.